The van der Waals surface area contributed by atoms with E-state index in [1.54, 1.807) is 13.2 Å². The number of nitrogens with one attached hydrogen (secondary N) is 1. The van der Waals surface area contributed by atoms with Crippen LogP contribution >= 0.6 is 0 Å². The van der Waals surface area contributed by atoms with Crippen LogP contribution in [0.3, 0.4) is 0 Å². The second-order valence-electron chi connectivity index (χ2n) is 3.86. The van der Waals surface area contributed by atoms with Crippen molar-refractivity contribution >= 4 is 5.82 Å². The van der Waals surface area contributed by atoms with Gasteiger partial charge in [0.05, 0.1) is 7.11 Å². The molecular weight excluding hydrogens is 242 g/mol. The Balaban J connectivity index is 2.32. The summed E-state index contributed by atoms with van der Waals surface area (Å²) in [5.41, 5.74) is 0. The minimum absolute atomic E-state index is 0.501. The largest absolute Gasteiger partial charge is 0.493 e. The molecule has 0 saturated carbocycles. The Bertz CT molecular complexity index is 536. The number of benzene rings is 1. The van der Waals surface area contributed by atoms with Gasteiger partial charge in [0.15, 0.2) is 11.5 Å². The Kier molecular flexibility index (Phi) is 4.18. The maximum absolute atomic E-state index is 5.77. The van der Waals surface area contributed by atoms with E-state index < -0.39 is 0 Å². The highest BCUT2D eigenvalue weighted by Gasteiger charge is 2.08. The van der Waals surface area contributed by atoms with Crippen molar-refractivity contribution in [3.05, 3.63) is 36.2 Å². The molecule has 0 radical (unpaired) electrons. The topological polar surface area (TPSA) is 56.3 Å². The summed E-state index contributed by atoms with van der Waals surface area (Å²) >= 11 is 0. The van der Waals surface area contributed by atoms with Crippen LogP contribution in [0, 0.1) is 0 Å². The van der Waals surface area contributed by atoms with E-state index in [-0.39, 0.29) is 0 Å². The quantitative estimate of drug-likeness (QED) is 0.894. The molecule has 2 rings (SSSR count). The fraction of sp³-hybridized carbons (Fsp3) is 0.286. The first kappa shape index (κ1) is 13.1. The summed E-state index contributed by atoms with van der Waals surface area (Å²) in [7, 11) is 3.42. The maximum Gasteiger partial charge on any atom is 0.224 e. The molecule has 0 bridgehead atoms. The molecule has 0 saturated heterocycles. The highest BCUT2D eigenvalue weighted by atomic mass is 16.5. The minimum Gasteiger partial charge on any atom is -0.493 e. The third kappa shape index (κ3) is 3.13. The number of rotatable bonds is 5. The molecular formula is C14H17N3O2. The first-order chi connectivity index (χ1) is 9.26. The predicted molar refractivity (Wildman–Crippen MR) is 74.0 cm³/mol. The zero-order chi connectivity index (χ0) is 13.7. The average molecular weight is 259 g/mol. The van der Waals surface area contributed by atoms with Gasteiger partial charge in [0.1, 0.15) is 11.6 Å². The van der Waals surface area contributed by atoms with Crippen LogP contribution in [0.15, 0.2) is 30.3 Å². The molecule has 0 unspecified atom stereocenters. The second-order valence-corrected chi connectivity index (χ2v) is 3.86. The molecule has 0 aliphatic carbocycles. The summed E-state index contributed by atoms with van der Waals surface area (Å²) in [6.45, 7) is 2.00. The van der Waals surface area contributed by atoms with Gasteiger partial charge in [0.25, 0.3) is 0 Å². The Morgan fingerprint density at radius 2 is 1.89 bits per heavy atom. The molecule has 2 aromatic rings. The molecule has 5 nitrogen and oxygen atoms in total. The lowest BCUT2D eigenvalue weighted by molar-refractivity contribution is 0.373. The summed E-state index contributed by atoms with van der Waals surface area (Å²) in [5.74, 6) is 3.27. The average Bonchev–Trinajstić information content (AvgIpc) is 2.47. The van der Waals surface area contributed by atoms with E-state index in [2.05, 4.69) is 15.3 Å². The first-order valence-corrected chi connectivity index (χ1v) is 6.13. The fourth-order valence-electron chi connectivity index (χ4n) is 1.63. The summed E-state index contributed by atoms with van der Waals surface area (Å²) < 4.78 is 11.0. The van der Waals surface area contributed by atoms with Gasteiger partial charge in [0.2, 0.25) is 5.88 Å². The van der Waals surface area contributed by atoms with Crippen LogP contribution < -0.4 is 14.8 Å². The zero-order valence-corrected chi connectivity index (χ0v) is 11.3. The molecule has 100 valence electrons. The number of anilines is 1. The van der Waals surface area contributed by atoms with Gasteiger partial charge in [-0.1, -0.05) is 19.1 Å². The lowest BCUT2D eigenvalue weighted by atomic mass is 10.3. The van der Waals surface area contributed by atoms with Crippen molar-refractivity contribution in [1.29, 1.82) is 0 Å². The number of aromatic nitrogens is 2. The van der Waals surface area contributed by atoms with E-state index >= 15 is 0 Å². The Hall–Kier alpha value is -2.30. The zero-order valence-electron chi connectivity index (χ0n) is 11.3. The number of hydrogen-bond acceptors (Lipinski definition) is 5. The number of methoxy groups -OCH3 is 1. The van der Waals surface area contributed by atoms with Crippen LogP contribution in [0.4, 0.5) is 5.82 Å². The van der Waals surface area contributed by atoms with Gasteiger partial charge in [-0.15, -0.1) is 0 Å². The van der Waals surface area contributed by atoms with E-state index in [1.165, 1.54) is 0 Å². The summed E-state index contributed by atoms with van der Waals surface area (Å²) in [4.78, 5) is 8.66. The standard InChI is InChI=1S/C14H17N3O2/c1-4-12-16-13(15-2)9-14(17-12)19-11-8-6-5-7-10(11)18-3/h5-9H,4H2,1-3H3,(H,15,16,17). The molecule has 1 aromatic heterocycles. The summed E-state index contributed by atoms with van der Waals surface area (Å²) in [6, 6.07) is 9.22. The van der Waals surface area contributed by atoms with Crippen LogP contribution in [0.5, 0.6) is 17.4 Å². The highest BCUT2D eigenvalue weighted by Crippen LogP contribution is 2.30. The monoisotopic (exact) mass is 259 g/mol. The number of aryl methyl sites for hydroxylation is 1. The highest BCUT2D eigenvalue weighted by molar-refractivity contribution is 5.44. The molecule has 1 aromatic carbocycles. The van der Waals surface area contributed by atoms with Crippen molar-refractivity contribution in [1.82, 2.24) is 9.97 Å². The molecule has 1 heterocycles. The normalized spacial score (nSPS) is 10.1. The number of para-hydroxylation sites is 2. The second kappa shape index (κ2) is 6.04. The van der Waals surface area contributed by atoms with Gasteiger partial charge in [-0.3, -0.25) is 0 Å². The minimum atomic E-state index is 0.501. The van der Waals surface area contributed by atoms with Crippen molar-refractivity contribution < 1.29 is 9.47 Å². The van der Waals surface area contributed by atoms with E-state index in [4.69, 9.17) is 9.47 Å². The smallest absolute Gasteiger partial charge is 0.224 e. The third-order valence-corrected chi connectivity index (χ3v) is 2.60. The molecule has 0 atom stereocenters. The van der Waals surface area contributed by atoms with E-state index in [1.807, 2.05) is 38.2 Å². The van der Waals surface area contributed by atoms with Crippen LogP contribution in [-0.2, 0) is 6.42 Å². The molecule has 1 N–H and O–H groups in total. The van der Waals surface area contributed by atoms with Crippen molar-refractivity contribution in [3.8, 4) is 17.4 Å². The fourth-order valence-corrected chi connectivity index (χ4v) is 1.63. The van der Waals surface area contributed by atoms with Crippen LogP contribution in [0.1, 0.15) is 12.7 Å². The molecule has 0 aliphatic heterocycles. The number of hydrogen-bond donors (Lipinski definition) is 1. The summed E-state index contributed by atoms with van der Waals surface area (Å²) in [5, 5.41) is 2.99. The summed E-state index contributed by atoms with van der Waals surface area (Å²) in [6.07, 6.45) is 0.748. The molecule has 0 amide bonds. The van der Waals surface area contributed by atoms with Gasteiger partial charge in [-0.05, 0) is 12.1 Å². The Labute approximate surface area is 112 Å². The van der Waals surface area contributed by atoms with E-state index in [0.29, 0.717) is 17.4 Å². The molecule has 0 fully saturated rings. The van der Waals surface area contributed by atoms with Gasteiger partial charge < -0.3 is 14.8 Å². The van der Waals surface area contributed by atoms with Gasteiger partial charge in [-0.25, -0.2) is 4.98 Å². The van der Waals surface area contributed by atoms with Gasteiger partial charge >= 0.3 is 0 Å². The lowest BCUT2D eigenvalue weighted by Gasteiger charge is -2.10. The van der Waals surface area contributed by atoms with Crippen molar-refractivity contribution in [3.63, 3.8) is 0 Å². The lowest BCUT2D eigenvalue weighted by Crippen LogP contribution is -2.01. The number of ether oxygens (including phenoxy) is 2. The third-order valence-electron chi connectivity index (χ3n) is 2.60. The Morgan fingerprint density at radius 1 is 1.16 bits per heavy atom. The van der Waals surface area contributed by atoms with E-state index in [9.17, 15) is 0 Å². The molecule has 0 aliphatic rings. The maximum atomic E-state index is 5.77. The van der Waals surface area contributed by atoms with Crippen molar-refractivity contribution in [2.24, 2.45) is 0 Å². The van der Waals surface area contributed by atoms with E-state index in [0.717, 1.165) is 18.1 Å². The SMILES string of the molecule is CCc1nc(NC)cc(Oc2ccccc2OC)n1. The molecule has 5 heteroatoms. The predicted octanol–water partition coefficient (Wildman–Crippen LogP) is 2.88. The van der Waals surface area contributed by atoms with Crippen molar-refractivity contribution in [2.45, 2.75) is 13.3 Å². The van der Waals surface area contributed by atoms with Crippen molar-refractivity contribution in [2.75, 3.05) is 19.5 Å². The van der Waals surface area contributed by atoms with Crippen LogP contribution in [0.25, 0.3) is 0 Å². The molecule has 0 spiro atoms. The molecule has 19 heavy (non-hydrogen) atoms. The first-order valence-electron chi connectivity index (χ1n) is 6.13. The Morgan fingerprint density at radius 3 is 2.53 bits per heavy atom. The van der Waals surface area contributed by atoms with Gasteiger partial charge in [-0.2, -0.15) is 4.98 Å². The number of nitrogens with zero attached hydrogens (tertiary/aromatic N) is 2. The van der Waals surface area contributed by atoms with Crippen LogP contribution in [0.2, 0.25) is 0 Å². The van der Waals surface area contributed by atoms with Crippen LogP contribution in [-0.4, -0.2) is 24.1 Å². The van der Waals surface area contributed by atoms with Gasteiger partial charge in [0, 0.05) is 19.5 Å².